The third kappa shape index (κ3) is 3.62. The maximum Gasteiger partial charge on any atom is 0.272 e. The second-order valence-electron chi connectivity index (χ2n) is 8.09. The minimum absolute atomic E-state index is 0.0564. The van der Waals surface area contributed by atoms with Gasteiger partial charge in [0.05, 0.1) is 0 Å². The molecule has 5 nitrogen and oxygen atoms in total. The van der Waals surface area contributed by atoms with Gasteiger partial charge in [0.1, 0.15) is 11.4 Å². The molecule has 3 rings (SSSR count). The summed E-state index contributed by atoms with van der Waals surface area (Å²) in [6, 6.07) is 6.12. The molecule has 3 heterocycles. The molecule has 0 spiro atoms. The van der Waals surface area contributed by atoms with Gasteiger partial charge in [0, 0.05) is 24.2 Å². The monoisotopic (exact) mass is 357 g/mol. The third-order valence-electron chi connectivity index (χ3n) is 6.04. The van der Waals surface area contributed by atoms with Crippen molar-refractivity contribution < 1.29 is 9.59 Å². The predicted octanol–water partition coefficient (Wildman–Crippen LogP) is 3.89. The van der Waals surface area contributed by atoms with Crippen molar-refractivity contribution in [1.29, 1.82) is 0 Å². The Balaban J connectivity index is 1.83. The Morgan fingerprint density at radius 3 is 1.46 bits per heavy atom. The lowest BCUT2D eigenvalue weighted by molar-refractivity contribution is 0.0497. The first-order valence-corrected chi connectivity index (χ1v) is 10.0. The van der Waals surface area contributed by atoms with Crippen LogP contribution in [0.25, 0.3) is 0 Å². The predicted molar refractivity (Wildman–Crippen MR) is 102 cm³/mol. The number of carbonyl (C=O) groups excluding carboxylic acids is 2. The van der Waals surface area contributed by atoms with Gasteiger partial charge in [0.2, 0.25) is 0 Å². The molecule has 2 aliphatic heterocycles. The van der Waals surface area contributed by atoms with Gasteiger partial charge in [0.25, 0.3) is 11.8 Å². The van der Waals surface area contributed by atoms with E-state index in [0.717, 1.165) is 38.5 Å². The number of amides is 2. The van der Waals surface area contributed by atoms with Crippen LogP contribution in [0.4, 0.5) is 0 Å². The fourth-order valence-corrected chi connectivity index (χ4v) is 4.58. The number of hydrogen-bond acceptors (Lipinski definition) is 3. The normalized spacial score (nSPS) is 29.5. The van der Waals surface area contributed by atoms with Crippen molar-refractivity contribution >= 4 is 11.8 Å². The first kappa shape index (κ1) is 18.9. The molecule has 0 N–H and O–H groups in total. The number of carbonyl (C=O) groups is 2. The molecule has 26 heavy (non-hydrogen) atoms. The summed E-state index contributed by atoms with van der Waals surface area (Å²) in [5.41, 5.74) is 0.766. The van der Waals surface area contributed by atoms with Crippen LogP contribution in [0, 0.1) is 0 Å². The molecule has 2 amide bonds. The second kappa shape index (κ2) is 7.77. The molecule has 2 saturated heterocycles. The van der Waals surface area contributed by atoms with Gasteiger partial charge in [-0.2, -0.15) is 0 Å². The van der Waals surface area contributed by atoms with Crippen LogP contribution in [0.3, 0.4) is 0 Å². The van der Waals surface area contributed by atoms with Gasteiger partial charge < -0.3 is 9.80 Å². The van der Waals surface area contributed by atoms with Crippen LogP contribution in [0.2, 0.25) is 0 Å². The lowest BCUT2D eigenvalue weighted by Gasteiger charge is -2.39. The van der Waals surface area contributed by atoms with E-state index in [4.69, 9.17) is 0 Å². The number of pyridine rings is 1. The quantitative estimate of drug-likeness (QED) is 0.807. The zero-order chi connectivity index (χ0) is 18.8. The molecule has 0 bridgehead atoms. The van der Waals surface area contributed by atoms with E-state index in [1.807, 2.05) is 9.80 Å². The lowest BCUT2D eigenvalue weighted by atomic mass is 9.96. The number of piperidine rings is 2. The van der Waals surface area contributed by atoms with Crippen LogP contribution in [0.5, 0.6) is 0 Å². The minimum Gasteiger partial charge on any atom is -0.332 e. The molecule has 2 fully saturated rings. The van der Waals surface area contributed by atoms with Crippen molar-refractivity contribution in [2.24, 2.45) is 0 Å². The highest BCUT2D eigenvalue weighted by atomic mass is 16.2. The molecule has 0 radical (unpaired) electrons. The van der Waals surface area contributed by atoms with E-state index in [0.29, 0.717) is 11.4 Å². The van der Waals surface area contributed by atoms with E-state index in [9.17, 15) is 9.59 Å². The molecule has 0 aliphatic carbocycles. The summed E-state index contributed by atoms with van der Waals surface area (Å²) in [7, 11) is 0. The Morgan fingerprint density at radius 1 is 0.769 bits per heavy atom. The number of rotatable bonds is 2. The fourth-order valence-electron chi connectivity index (χ4n) is 4.58. The van der Waals surface area contributed by atoms with Gasteiger partial charge in [0.15, 0.2) is 0 Å². The molecule has 0 aromatic carbocycles. The number of likely N-dealkylation sites (tertiary alicyclic amines) is 2. The summed E-state index contributed by atoms with van der Waals surface area (Å²) in [5, 5.41) is 0. The summed E-state index contributed by atoms with van der Waals surface area (Å²) in [4.78, 5) is 34.4. The summed E-state index contributed by atoms with van der Waals surface area (Å²) < 4.78 is 0. The first-order valence-electron chi connectivity index (χ1n) is 10.0. The highest BCUT2D eigenvalue weighted by molar-refractivity contribution is 5.96. The van der Waals surface area contributed by atoms with Gasteiger partial charge in [-0.15, -0.1) is 0 Å². The molecule has 1 aromatic heterocycles. The average Bonchev–Trinajstić information content (AvgIpc) is 2.61. The van der Waals surface area contributed by atoms with Crippen LogP contribution < -0.4 is 0 Å². The van der Waals surface area contributed by atoms with Gasteiger partial charge in [-0.3, -0.25) is 9.59 Å². The summed E-state index contributed by atoms with van der Waals surface area (Å²) in [6.07, 6.45) is 6.41. The number of hydrogen-bond donors (Lipinski definition) is 0. The minimum atomic E-state index is -0.0564. The molecular weight excluding hydrogens is 326 g/mol. The van der Waals surface area contributed by atoms with Crippen LogP contribution in [0.15, 0.2) is 18.2 Å². The Bertz CT molecular complexity index is 602. The largest absolute Gasteiger partial charge is 0.332 e. The molecule has 0 unspecified atom stereocenters. The highest BCUT2D eigenvalue weighted by Gasteiger charge is 2.33. The topological polar surface area (TPSA) is 53.5 Å². The van der Waals surface area contributed by atoms with Crippen LogP contribution >= 0.6 is 0 Å². The van der Waals surface area contributed by atoms with Gasteiger partial charge >= 0.3 is 0 Å². The van der Waals surface area contributed by atoms with Gasteiger partial charge in [-0.1, -0.05) is 6.07 Å². The van der Waals surface area contributed by atoms with Crippen molar-refractivity contribution in [3.05, 3.63) is 29.6 Å². The van der Waals surface area contributed by atoms with Crippen molar-refractivity contribution in [3.63, 3.8) is 0 Å². The van der Waals surface area contributed by atoms with Crippen molar-refractivity contribution in [3.8, 4) is 0 Å². The molecule has 0 saturated carbocycles. The van der Waals surface area contributed by atoms with E-state index in [-0.39, 0.29) is 36.0 Å². The smallest absolute Gasteiger partial charge is 0.272 e. The molecule has 2 aliphatic rings. The summed E-state index contributed by atoms with van der Waals surface area (Å²) in [5.74, 6) is -0.113. The molecule has 5 heteroatoms. The van der Waals surface area contributed by atoms with E-state index in [2.05, 4.69) is 32.7 Å². The standard InChI is InChI=1S/C21H31N3O2/c1-14-8-5-9-15(2)23(14)20(25)18-12-7-13-19(22-18)21(26)24-16(3)10-6-11-17(24)4/h7,12-17H,5-6,8-11H2,1-4H3/t14-,15-,16+,17+. The Labute approximate surface area is 156 Å². The average molecular weight is 357 g/mol. The van der Waals surface area contributed by atoms with E-state index >= 15 is 0 Å². The highest BCUT2D eigenvalue weighted by Crippen LogP contribution is 2.26. The Kier molecular flexibility index (Phi) is 5.64. The van der Waals surface area contributed by atoms with E-state index in [1.165, 1.54) is 0 Å². The SMILES string of the molecule is C[C@@H]1CCC[C@@H](C)N1C(=O)c1cccc(C(=O)N2[C@@H](C)CCC[C@@H]2C)n1. The van der Waals surface area contributed by atoms with Crippen LogP contribution in [-0.2, 0) is 0 Å². The molecule has 1 aromatic rings. The van der Waals surface area contributed by atoms with E-state index in [1.54, 1.807) is 18.2 Å². The number of aromatic nitrogens is 1. The van der Waals surface area contributed by atoms with Crippen molar-refractivity contribution in [2.75, 3.05) is 0 Å². The first-order chi connectivity index (χ1) is 12.4. The maximum absolute atomic E-state index is 13.0. The Hall–Kier alpha value is -1.91. The third-order valence-corrected chi connectivity index (χ3v) is 6.04. The zero-order valence-corrected chi connectivity index (χ0v) is 16.4. The molecule has 4 atom stereocenters. The summed E-state index contributed by atoms with van der Waals surface area (Å²) in [6.45, 7) is 8.39. The number of nitrogens with zero attached hydrogens (tertiary/aromatic N) is 3. The zero-order valence-electron chi connectivity index (χ0n) is 16.4. The van der Waals surface area contributed by atoms with Crippen LogP contribution in [-0.4, -0.2) is 50.8 Å². The summed E-state index contributed by atoms with van der Waals surface area (Å²) >= 11 is 0. The van der Waals surface area contributed by atoms with Crippen LogP contribution in [0.1, 0.15) is 87.2 Å². The van der Waals surface area contributed by atoms with Crippen molar-refractivity contribution in [2.45, 2.75) is 90.4 Å². The Morgan fingerprint density at radius 2 is 1.12 bits per heavy atom. The van der Waals surface area contributed by atoms with Gasteiger partial charge in [-0.05, 0) is 78.4 Å². The molecular formula is C21H31N3O2. The van der Waals surface area contributed by atoms with Crippen molar-refractivity contribution in [1.82, 2.24) is 14.8 Å². The maximum atomic E-state index is 13.0. The van der Waals surface area contributed by atoms with Gasteiger partial charge in [-0.25, -0.2) is 4.98 Å². The lowest BCUT2D eigenvalue weighted by Crippen LogP contribution is -2.48. The second-order valence-corrected chi connectivity index (χ2v) is 8.09. The molecule has 142 valence electrons. The van der Waals surface area contributed by atoms with E-state index < -0.39 is 0 Å². The fraction of sp³-hybridized carbons (Fsp3) is 0.667.